The molecule has 0 saturated heterocycles. The van der Waals surface area contributed by atoms with E-state index in [1.807, 2.05) is 6.08 Å². The zero-order valence-corrected chi connectivity index (χ0v) is 9.59. The molecule has 2 atom stereocenters. The molecule has 1 aliphatic rings. The first-order valence-electron chi connectivity index (χ1n) is 4.14. The number of rotatable bonds is 2. The van der Waals surface area contributed by atoms with Gasteiger partial charge in [0.25, 0.3) is 0 Å². The minimum absolute atomic E-state index is 0.00236. The monoisotopic (exact) mass is 244 g/mol. The molecule has 0 aromatic rings. The molecule has 0 aliphatic heterocycles. The zero-order chi connectivity index (χ0) is 10.1. The lowest BCUT2D eigenvalue weighted by atomic mass is 10.1. The summed E-state index contributed by atoms with van der Waals surface area (Å²) in [6, 6.07) is 0. The van der Waals surface area contributed by atoms with Gasteiger partial charge < -0.3 is 4.74 Å². The Kier molecular flexibility index (Phi) is 2.99. The van der Waals surface area contributed by atoms with Gasteiger partial charge in [-0.1, -0.05) is 29.8 Å². The Bertz CT molecular complexity index is 265. The molecule has 3 heteroatoms. The molecule has 0 aromatic carbocycles. The van der Waals surface area contributed by atoms with Gasteiger partial charge in [-0.2, -0.15) is 0 Å². The fraction of sp³-hybridized carbons (Fsp3) is 0.600. The maximum Gasteiger partial charge on any atom is 0.309 e. The van der Waals surface area contributed by atoms with Gasteiger partial charge in [0.2, 0.25) is 0 Å². The Hall–Kier alpha value is -0.530. The van der Waals surface area contributed by atoms with E-state index in [1.165, 1.54) is 7.11 Å². The second-order valence-electron chi connectivity index (χ2n) is 3.79. The Morgan fingerprint density at radius 2 is 2.23 bits per heavy atom. The molecule has 0 radical (unpaired) electrons. The van der Waals surface area contributed by atoms with Crippen molar-refractivity contribution in [1.82, 2.24) is 0 Å². The van der Waals surface area contributed by atoms with Crippen molar-refractivity contribution in [2.45, 2.75) is 13.8 Å². The van der Waals surface area contributed by atoms with Gasteiger partial charge in [0.05, 0.1) is 13.0 Å². The zero-order valence-electron chi connectivity index (χ0n) is 8.00. The number of hydrogen-bond acceptors (Lipinski definition) is 2. The molecule has 0 aromatic heterocycles. The van der Waals surface area contributed by atoms with Crippen LogP contribution in [0, 0.1) is 17.3 Å². The van der Waals surface area contributed by atoms with Crippen LogP contribution in [0.5, 0.6) is 0 Å². The quantitative estimate of drug-likeness (QED) is 0.552. The fourth-order valence-corrected chi connectivity index (χ4v) is 1.86. The average Bonchev–Trinajstić information content (AvgIpc) is 2.63. The number of carbonyl (C=O) groups excluding carboxylic acids is 1. The maximum absolute atomic E-state index is 11.3. The molecule has 0 heterocycles. The Labute approximate surface area is 86.8 Å². The normalized spacial score (nSPS) is 28.6. The van der Waals surface area contributed by atoms with Gasteiger partial charge in [-0.3, -0.25) is 4.79 Å². The van der Waals surface area contributed by atoms with Gasteiger partial charge in [-0.05, 0) is 11.5 Å². The van der Waals surface area contributed by atoms with E-state index in [9.17, 15) is 4.79 Å². The lowest BCUT2D eigenvalue weighted by Crippen LogP contribution is -2.07. The second-order valence-corrected chi connectivity index (χ2v) is 4.25. The Morgan fingerprint density at radius 3 is 2.69 bits per heavy atom. The highest BCUT2D eigenvalue weighted by Gasteiger charge is 2.61. The summed E-state index contributed by atoms with van der Waals surface area (Å²) in [6.07, 6.45) is 1.91. The molecule has 1 fully saturated rings. The van der Waals surface area contributed by atoms with E-state index < -0.39 is 0 Å². The van der Waals surface area contributed by atoms with Crippen LogP contribution < -0.4 is 0 Å². The molecule has 0 N–H and O–H groups in total. The highest BCUT2D eigenvalue weighted by molar-refractivity contribution is 9.11. The third-order valence-corrected chi connectivity index (χ3v) is 2.97. The summed E-state index contributed by atoms with van der Waals surface area (Å²) in [5.41, 5.74) is 2.96. The third kappa shape index (κ3) is 1.87. The Balaban J connectivity index is 2.72. The van der Waals surface area contributed by atoms with Crippen molar-refractivity contribution in [3.63, 3.8) is 0 Å². The molecule has 1 saturated carbocycles. The number of halogens is 1. The molecule has 2 nitrogen and oxygen atoms in total. The van der Waals surface area contributed by atoms with Gasteiger partial charge >= 0.3 is 5.97 Å². The number of methoxy groups -OCH3 is 1. The Morgan fingerprint density at radius 1 is 1.62 bits per heavy atom. The smallest absolute Gasteiger partial charge is 0.309 e. The van der Waals surface area contributed by atoms with Crippen LogP contribution in [-0.2, 0) is 9.53 Å². The first kappa shape index (κ1) is 10.6. The summed E-state index contributed by atoms with van der Waals surface area (Å²) in [5, 5.41) is 0. The summed E-state index contributed by atoms with van der Waals surface area (Å²) in [6.45, 7) is 4.12. The topological polar surface area (TPSA) is 26.3 Å². The van der Waals surface area contributed by atoms with E-state index in [2.05, 4.69) is 35.5 Å². The van der Waals surface area contributed by atoms with Gasteiger partial charge in [0, 0.05) is 10.9 Å². The van der Waals surface area contributed by atoms with Crippen LogP contribution in [0.1, 0.15) is 13.8 Å². The highest BCUT2D eigenvalue weighted by atomic mass is 79.9. The van der Waals surface area contributed by atoms with E-state index in [4.69, 9.17) is 4.74 Å². The van der Waals surface area contributed by atoms with Crippen molar-refractivity contribution in [2.75, 3.05) is 7.11 Å². The van der Waals surface area contributed by atoms with Crippen molar-refractivity contribution < 1.29 is 9.53 Å². The van der Waals surface area contributed by atoms with Crippen LogP contribution in [0.3, 0.4) is 0 Å². The van der Waals surface area contributed by atoms with Crippen LogP contribution in [0.2, 0.25) is 0 Å². The van der Waals surface area contributed by atoms with Gasteiger partial charge in [0.15, 0.2) is 0 Å². The van der Waals surface area contributed by atoms with Gasteiger partial charge in [-0.15, -0.1) is 5.73 Å². The van der Waals surface area contributed by atoms with E-state index in [0.29, 0.717) is 0 Å². The summed E-state index contributed by atoms with van der Waals surface area (Å²) in [4.78, 5) is 12.9. The summed E-state index contributed by atoms with van der Waals surface area (Å²) in [7, 11) is 1.43. The standard InChI is InChI=1S/C10H13BrO2/c1-10(2)7(5-4-6-11)8(10)9(12)13-3/h5-8H,1-3H3/t4?,7-,8+/m1/s1. The molecule has 0 spiro atoms. The van der Waals surface area contributed by atoms with Crippen LogP contribution >= 0.6 is 15.9 Å². The van der Waals surface area contributed by atoms with Crippen LogP contribution in [0.4, 0.5) is 0 Å². The van der Waals surface area contributed by atoms with E-state index in [0.717, 1.165) is 0 Å². The number of ether oxygens (including phenoxy) is 1. The average molecular weight is 245 g/mol. The summed E-state index contributed by atoms with van der Waals surface area (Å²) >= 11 is 3.13. The molecule has 72 valence electrons. The summed E-state index contributed by atoms with van der Waals surface area (Å²) < 4.78 is 4.71. The highest BCUT2D eigenvalue weighted by Crippen LogP contribution is 2.59. The lowest BCUT2D eigenvalue weighted by Gasteiger charge is -1.98. The molecule has 1 rings (SSSR count). The van der Waals surface area contributed by atoms with Gasteiger partial charge in [-0.25, -0.2) is 0 Å². The molecule has 0 bridgehead atoms. The second kappa shape index (κ2) is 3.69. The minimum atomic E-state index is -0.123. The van der Waals surface area contributed by atoms with E-state index >= 15 is 0 Å². The number of esters is 1. The van der Waals surface area contributed by atoms with E-state index in [-0.39, 0.29) is 23.2 Å². The maximum atomic E-state index is 11.3. The summed E-state index contributed by atoms with van der Waals surface area (Å²) in [5.74, 6) is 0.133. The third-order valence-electron chi connectivity index (χ3n) is 2.70. The van der Waals surface area contributed by atoms with Crippen molar-refractivity contribution in [3.05, 3.63) is 16.8 Å². The van der Waals surface area contributed by atoms with Gasteiger partial charge in [0.1, 0.15) is 0 Å². The predicted molar refractivity (Wildman–Crippen MR) is 54.4 cm³/mol. The van der Waals surface area contributed by atoms with E-state index in [1.54, 1.807) is 4.99 Å². The number of carbonyl (C=O) groups is 1. The van der Waals surface area contributed by atoms with Crippen LogP contribution in [0.15, 0.2) is 16.8 Å². The SMILES string of the molecule is COC(=O)[C@@H]1[C@@H](C=C=CBr)C1(C)C. The van der Waals surface area contributed by atoms with Crippen LogP contribution in [0.25, 0.3) is 0 Å². The first-order valence-corrected chi connectivity index (χ1v) is 5.06. The molecular formula is C10H13BrO2. The molecular weight excluding hydrogens is 232 g/mol. The van der Waals surface area contributed by atoms with Crippen molar-refractivity contribution in [3.8, 4) is 0 Å². The van der Waals surface area contributed by atoms with Crippen molar-refractivity contribution in [2.24, 2.45) is 17.3 Å². The van der Waals surface area contributed by atoms with Crippen molar-refractivity contribution in [1.29, 1.82) is 0 Å². The number of allylic oxidation sites excluding steroid dienone is 1. The first-order chi connectivity index (χ1) is 6.05. The van der Waals surface area contributed by atoms with Crippen LogP contribution in [-0.4, -0.2) is 13.1 Å². The predicted octanol–water partition coefficient (Wildman–Crippen LogP) is 2.50. The molecule has 0 unspecified atom stereocenters. The lowest BCUT2D eigenvalue weighted by molar-refractivity contribution is -0.143. The molecule has 0 amide bonds. The fourth-order valence-electron chi connectivity index (χ4n) is 1.71. The largest absolute Gasteiger partial charge is 0.469 e. The molecule has 1 aliphatic carbocycles. The van der Waals surface area contributed by atoms with Crippen molar-refractivity contribution >= 4 is 21.9 Å². The molecule has 13 heavy (non-hydrogen) atoms. The minimum Gasteiger partial charge on any atom is -0.469 e. The number of hydrogen-bond donors (Lipinski definition) is 0.